The number of carbonyl (C=O) groups is 2. The number of hydrogen-bond acceptors (Lipinski definition) is 3. The summed E-state index contributed by atoms with van der Waals surface area (Å²) in [6.45, 7) is 2.16. The molecule has 0 aromatic heterocycles. The number of anilines is 1. The number of hydrogen-bond donors (Lipinski definition) is 2. The number of aromatic carboxylic acids is 1. The molecular formula is C13H13F2NO4. The molecule has 1 aromatic carbocycles. The number of carboxylic acid groups (broad SMARTS) is 1. The summed E-state index contributed by atoms with van der Waals surface area (Å²) in [5, 5.41) is 11.3. The van der Waals surface area contributed by atoms with Crippen LogP contribution in [0.3, 0.4) is 0 Å². The summed E-state index contributed by atoms with van der Waals surface area (Å²) < 4.78 is 31.5. The van der Waals surface area contributed by atoms with E-state index in [-0.39, 0.29) is 11.8 Å². The van der Waals surface area contributed by atoms with Crippen molar-refractivity contribution in [2.75, 3.05) is 11.9 Å². The molecule has 1 aromatic rings. The zero-order chi connectivity index (χ0) is 14.9. The van der Waals surface area contributed by atoms with Crippen molar-refractivity contribution in [3.8, 4) is 0 Å². The first-order valence-electron chi connectivity index (χ1n) is 6.05. The van der Waals surface area contributed by atoms with Crippen LogP contribution in [0, 0.1) is 17.6 Å². The number of halogens is 2. The minimum Gasteiger partial charge on any atom is -0.478 e. The Labute approximate surface area is 113 Å². The average Bonchev–Trinajstić information content (AvgIpc) is 2.79. The fraction of sp³-hybridized carbons (Fsp3) is 0.385. The zero-order valence-electron chi connectivity index (χ0n) is 10.7. The standard InChI is InChI=1S/C13H13F2NO4/c1-6-7(2-3-20-6)12(17)16-11-5-10(15)9(14)4-8(11)13(18)19/h4-7H,2-3H2,1H3,(H,16,17)(H,18,19). The van der Waals surface area contributed by atoms with E-state index in [0.717, 1.165) is 0 Å². The molecule has 0 bridgehead atoms. The third kappa shape index (κ3) is 2.77. The summed E-state index contributed by atoms with van der Waals surface area (Å²) in [7, 11) is 0. The highest BCUT2D eigenvalue weighted by atomic mass is 19.2. The van der Waals surface area contributed by atoms with Crippen LogP contribution in [0.2, 0.25) is 0 Å². The van der Waals surface area contributed by atoms with Crippen LogP contribution in [0.25, 0.3) is 0 Å². The maximum Gasteiger partial charge on any atom is 0.337 e. The Morgan fingerprint density at radius 2 is 2.00 bits per heavy atom. The normalized spacial score (nSPS) is 21.8. The van der Waals surface area contributed by atoms with Gasteiger partial charge in [-0.15, -0.1) is 0 Å². The van der Waals surface area contributed by atoms with Crippen LogP contribution in [0.1, 0.15) is 23.7 Å². The molecule has 1 amide bonds. The van der Waals surface area contributed by atoms with Crippen molar-refractivity contribution in [2.45, 2.75) is 19.4 Å². The highest BCUT2D eigenvalue weighted by Gasteiger charge is 2.31. The number of rotatable bonds is 3. The van der Waals surface area contributed by atoms with Gasteiger partial charge in [-0.05, 0) is 19.4 Å². The fourth-order valence-corrected chi connectivity index (χ4v) is 2.13. The zero-order valence-corrected chi connectivity index (χ0v) is 10.7. The molecule has 2 atom stereocenters. The summed E-state index contributed by atoms with van der Waals surface area (Å²) >= 11 is 0. The minimum absolute atomic E-state index is 0.263. The van der Waals surface area contributed by atoms with Gasteiger partial charge in [0.2, 0.25) is 5.91 Å². The lowest BCUT2D eigenvalue weighted by Gasteiger charge is -2.15. The minimum atomic E-state index is -1.45. The van der Waals surface area contributed by atoms with Crippen molar-refractivity contribution < 1.29 is 28.2 Å². The van der Waals surface area contributed by atoms with Crippen molar-refractivity contribution in [1.29, 1.82) is 0 Å². The lowest BCUT2D eigenvalue weighted by Crippen LogP contribution is -2.28. The van der Waals surface area contributed by atoms with E-state index in [1.54, 1.807) is 6.92 Å². The van der Waals surface area contributed by atoms with Crippen LogP contribution in [0.4, 0.5) is 14.5 Å². The summed E-state index contributed by atoms with van der Waals surface area (Å²) in [6, 6.07) is 1.21. The largest absolute Gasteiger partial charge is 0.478 e. The van der Waals surface area contributed by atoms with Crippen LogP contribution >= 0.6 is 0 Å². The van der Waals surface area contributed by atoms with Gasteiger partial charge in [-0.25, -0.2) is 13.6 Å². The van der Waals surface area contributed by atoms with Gasteiger partial charge in [-0.3, -0.25) is 4.79 Å². The van der Waals surface area contributed by atoms with Crippen molar-refractivity contribution >= 4 is 17.6 Å². The van der Waals surface area contributed by atoms with Gasteiger partial charge in [-0.2, -0.15) is 0 Å². The summed E-state index contributed by atoms with van der Waals surface area (Å²) in [4.78, 5) is 23.0. The predicted molar refractivity (Wildman–Crippen MR) is 65.5 cm³/mol. The first-order valence-corrected chi connectivity index (χ1v) is 6.05. The fourth-order valence-electron chi connectivity index (χ4n) is 2.13. The van der Waals surface area contributed by atoms with Crippen LogP contribution in [-0.2, 0) is 9.53 Å². The Hall–Kier alpha value is -2.02. The number of amides is 1. The van der Waals surface area contributed by atoms with E-state index >= 15 is 0 Å². The molecule has 0 radical (unpaired) electrons. The average molecular weight is 285 g/mol. The summed E-state index contributed by atoms with van der Waals surface area (Å²) in [5.41, 5.74) is -0.760. The Kier molecular flexibility index (Phi) is 3.99. The van der Waals surface area contributed by atoms with Gasteiger partial charge in [0.15, 0.2) is 11.6 Å². The van der Waals surface area contributed by atoms with E-state index in [2.05, 4.69) is 5.32 Å². The molecular weight excluding hydrogens is 272 g/mol. The van der Waals surface area contributed by atoms with E-state index < -0.39 is 35.0 Å². The van der Waals surface area contributed by atoms with E-state index in [0.29, 0.717) is 25.2 Å². The van der Waals surface area contributed by atoms with Crippen molar-refractivity contribution in [1.82, 2.24) is 0 Å². The van der Waals surface area contributed by atoms with Crippen LogP contribution in [0.15, 0.2) is 12.1 Å². The second-order valence-corrected chi connectivity index (χ2v) is 4.58. The molecule has 1 fully saturated rings. The van der Waals surface area contributed by atoms with Crippen molar-refractivity contribution in [2.24, 2.45) is 5.92 Å². The second-order valence-electron chi connectivity index (χ2n) is 4.58. The van der Waals surface area contributed by atoms with Gasteiger partial charge in [0.25, 0.3) is 0 Å². The quantitative estimate of drug-likeness (QED) is 0.891. The monoisotopic (exact) mass is 285 g/mol. The molecule has 7 heteroatoms. The first-order chi connectivity index (χ1) is 9.40. The van der Waals surface area contributed by atoms with E-state index in [1.807, 2.05) is 0 Å². The molecule has 1 heterocycles. The smallest absolute Gasteiger partial charge is 0.337 e. The molecule has 5 nitrogen and oxygen atoms in total. The number of benzene rings is 1. The van der Waals surface area contributed by atoms with E-state index in [9.17, 15) is 18.4 Å². The number of nitrogens with one attached hydrogen (secondary N) is 1. The molecule has 2 rings (SSSR count). The van der Waals surface area contributed by atoms with Gasteiger partial charge >= 0.3 is 5.97 Å². The SMILES string of the molecule is CC1OCCC1C(=O)Nc1cc(F)c(F)cc1C(=O)O. The van der Waals surface area contributed by atoms with Gasteiger partial charge in [0.05, 0.1) is 23.3 Å². The van der Waals surface area contributed by atoms with Gasteiger partial charge in [0, 0.05) is 12.7 Å². The summed E-state index contributed by atoms with van der Waals surface area (Å²) in [6.07, 6.45) is 0.201. The van der Waals surface area contributed by atoms with Crippen molar-refractivity contribution in [3.63, 3.8) is 0 Å². The van der Waals surface area contributed by atoms with Gasteiger partial charge < -0.3 is 15.2 Å². The molecule has 1 aliphatic heterocycles. The molecule has 108 valence electrons. The molecule has 0 spiro atoms. The Balaban J connectivity index is 2.26. The van der Waals surface area contributed by atoms with Crippen LogP contribution in [-0.4, -0.2) is 29.7 Å². The molecule has 0 aliphatic carbocycles. The summed E-state index contributed by atoms with van der Waals surface area (Å²) in [5.74, 6) is -4.86. The third-order valence-electron chi connectivity index (χ3n) is 3.26. The number of carbonyl (C=O) groups excluding carboxylic acids is 1. The second kappa shape index (κ2) is 5.54. The Bertz CT molecular complexity index is 562. The third-order valence-corrected chi connectivity index (χ3v) is 3.26. The van der Waals surface area contributed by atoms with Crippen LogP contribution in [0.5, 0.6) is 0 Å². The van der Waals surface area contributed by atoms with E-state index in [4.69, 9.17) is 9.84 Å². The Morgan fingerprint density at radius 1 is 1.35 bits per heavy atom. The van der Waals surface area contributed by atoms with Crippen molar-refractivity contribution in [3.05, 3.63) is 29.3 Å². The van der Waals surface area contributed by atoms with E-state index in [1.165, 1.54) is 0 Å². The number of ether oxygens (including phenoxy) is 1. The number of carboxylic acids is 1. The molecule has 1 aliphatic rings. The Morgan fingerprint density at radius 3 is 2.55 bits per heavy atom. The first kappa shape index (κ1) is 14.4. The molecule has 1 saturated heterocycles. The van der Waals surface area contributed by atoms with Gasteiger partial charge in [0.1, 0.15) is 0 Å². The highest BCUT2D eigenvalue weighted by Crippen LogP contribution is 2.25. The predicted octanol–water partition coefficient (Wildman–Crippen LogP) is 2.03. The topological polar surface area (TPSA) is 75.6 Å². The maximum atomic E-state index is 13.2. The molecule has 2 N–H and O–H groups in total. The molecule has 0 saturated carbocycles. The lowest BCUT2D eigenvalue weighted by molar-refractivity contribution is -0.121. The highest BCUT2D eigenvalue weighted by molar-refractivity contribution is 6.01. The molecule has 2 unspecified atom stereocenters. The van der Waals surface area contributed by atoms with Crippen LogP contribution < -0.4 is 5.32 Å². The van der Waals surface area contributed by atoms with Gasteiger partial charge in [-0.1, -0.05) is 0 Å². The lowest BCUT2D eigenvalue weighted by atomic mass is 10.0. The maximum absolute atomic E-state index is 13.2. The molecule has 20 heavy (non-hydrogen) atoms.